The van der Waals surface area contributed by atoms with Gasteiger partial charge in [0.05, 0.1) is 17.6 Å². The van der Waals surface area contributed by atoms with Crippen LogP contribution in [0.15, 0.2) is 42.9 Å². The van der Waals surface area contributed by atoms with E-state index in [4.69, 9.17) is 11.6 Å². The van der Waals surface area contributed by atoms with E-state index in [0.717, 1.165) is 54.5 Å². The van der Waals surface area contributed by atoms with Gasteiger partial charge in [-0.15, -0.1) is 5.10 Å². The first-order chi connectivity index (χ1) is 15.5. The molecule has 4 aromatic rings. The number of nitrogens with one attached hydrogen (secondary N) is 2. The molecule has 5 heterocycles. The molecule has 5 rings (SSSR count). The third kappa shape index (κ3) is 4.29. The van der Waals surface area contributed by atoms with E-state index in [0.29, 0.717) is 16.8 Å². The minimum Gasteiger partial charge on any atom is -0.366 e. The molecule has 0 atom stereocenters. The summed E-state index contributed by atoms with van der Waals surface area (Å²) in [5.41, 5.74) is 3.76. The van der Waals surface area contributed by atoms with Crippen LogP contribution in [-0.4, -0.2) is 48.7 Å². The molecule has 0 radical (unpaired) electrons. The molecule has 9 nitrogen and oxygen atoms in total. The summed E-state index contributed by atoms with van der Waals surface area (Å²) in [6.07, 6.45) is 7.35. The maximum atomic E-state index is 6.39. The number of fused-ring (bicyclic) bond motifs is 1. The summed E-state index contributed by atoms with van der Waals surface area (Å²) in [5, 5.41) is 15.7. The monoisotopic (exact) mass is 449 g/mol. The maximum absolute atomic E-state index is 6.39. The van der Waals surface area contributed by atoms with E-state index in [9.17, 15) is 0 Å². The second-order valence-electron chi connectivity index (χ2n) is 8.00. The molecule has 1 fully saturated rings. The topological polar surface area (TPSA) is 96.2 Å². The lowest BCUT2D eigenvalue weighted by Gasteiger charge is -2.33. The van der Waals surface area contributed by atoms with Crippen molar-refractivity contribution in [2.75, 3.05) is 28.6 Å². The molecule has 4 aromatic heterocycles. The number of aryl methyl sites for hydroxylation is 2. The third-order valence-electron chi connectivity index (χ3n) is 5.63. The smallest absolute Gasteiger partial charge is 0.229 e. The zero-order valence-electron chi connectivity index (χ0n) is 18.0. The number of halogens is 1. The summed E-state index contributed by atoms with van der Waals surface area (Å²) in [5.74, 6) is 2.05. The Bertz CT molecular complexity index is 1230. The van der Waals surface area contributed by atoms with Crippen molar-refractivity contribution in [1.82, 2.24) is 29.5 Å². The average Bonchev–Trinajstić information content (AvgIpc) is 3.17. The molecule has 1 saturated heterocycles. The van der Waals surface area contributed by atoms with Crippen LogP contribution in [-0.2, 0) is 0 Å². The van der Waals surface area contributed by atoms with Crippen LogP contribution < -0.4 is 15.5 Å². The van der Waals surface area contributed by atoms with Crippen LogP contribution in [0, 0.1) is 13.8 Å². The molecule has 0 saturated carbocycles. The lowest BCUT2D eigenvalue weighted by Crippen LogP contribution is -2.39. The molecule has 0 unspecified atom stereocenters. The zero-order chi connectivity index (χ0) is 22.1. The van der Waals surface area contributed by atoms with Gasteiger partial charge in [0.15, 0.2) is 11.6 Å². The Balaban J connectivity index is 1.25. The van der Waals surface area contributed by atoms with E-state index in [2.05, 4.69) is 40.7 Å². The van der Waals surface area contributed by atoms with E-state index in [1.165, 1.54) is 0 Å². The Morgan fingerprint density at radius 3 is 2.62 bits per heavy atom. The molecule has 0 aromatic carbocycles. The number of hydrogen-bond donors (Lipinski definition) is 2. The number of anilines is 4. The summed E-state index contributed by atoms with van der Waals surface area (Å²) in [7, 11) is 0. The number of aromatic nitrogens is 6. The van der Waals surface area contributed by atoms with Gasteiger partial charge in [0.25, 0.3) is 0 Å². The average molecular weight is 450 g/mol. The van der Waals surface area contributed by atoms with Crippen molar-refractivity contribution in [2.24, 2.45) is 0 Å². The van der Waals surface area contributed by atoms with Crippen molar-refractivity contribution in [3.63, 3.8) is 0 Å². The van der Waals surface area contributed by atoms with Gasteiger partial charge < -0.3 is 19.9 Å². The Morgan fingerprint density at radius 1 is 1.00 bits per heavy atom. The molecule has 10 heteroatoms. The first-order valence-electron chi connectivity index (χ1n) is 10.6. The van der Waals surface area contributed by atoms with Crippen LogP contribution >= 0.6 is 11.6 Å². The fraction of sp³-hybridized carbons (Fsp3) is 0.318. The first kappa shape index (κ1) is 20.4. The van der Waals surface area contributed by atoms with Gasteiger partial charge in [-0.1, -0.05) is 11.6 Å². The van der Waals surface area contributed by atoms with Crippen LogP contribution in [0.2, 0.25) is 5.02 Å². The molecule has 164 valence electrons. The summed E-state index contributed by atoms with van der Waals surface area (Å²) < 4.78 is 2.02. The predicted octanol–water partition coefficient (Wildman–Crippen LogP) is 4.01. The van der Waals surface area contributed by atoms with E-state index in [-0.39, 0.29) is 6.04 Å². The van der Waals surface area contributed by atoms with Crippen molar-refractivity contribution in [3.05, 3.63) is 59.3 Å². The van der Waals surface area contributed by atoms with Crippen LogP contribution in [0.5, 0.6) is 0 Å². The van der Waals surface area contributed by atoms with Gasteiger partial charge in [0.2, 0.25) is 5.95 Å². The van der Waals surface area contributed by atoms with Gasteiger partial charge in [-0.3, -0.25) is 0 Å². The Labute approximate surface area is 190 Å². The highest BCUT2D eigenvalue weighted by Crippen LogP contribution is 2.25. The largest absolute Gasteiger partial charge is 0.366 e. The zero-order valence-corrected chi connectivity index (χ0v) is 18.7. The Morgan fingerprint density at radius 2 is 1.84 bits per heavy atom. The number of nitrogens with zero attached hydrogens (tertiary/aromatic N) is 7. The molecule has 0 spiro atoms. The SMILES string of the molecule is Cc1ccc(N2CCC(Nc3nc(Nc4ccc5ncc(C)n5c4)ncc3Cl)CC2)nn1. The fourth-order valence-corrected chi connectivity index (χ4v) is 3.99. The quantitative estimate of drug-likeness (QED) is 0.471. The molecule has 1 aliphatic rings. The lowest BCUT2D eigenvalue weighted by molar-refractivity contribution is 0.521. The highest BCUT2D eigenvalue weighted by Gasteiger charge is 2.21. The number of piperidine rings is 1. The first-order valence-corrected chi connectivity index (χ1v) is 11.0. The summed E-state index contributed by atoms with van der Waals surface area (Å²) in [6, 6.07) is 8.20. The number of hydrogen-bond acceptors (Lipinski definition) is 8. The van der Waals surface area contributed by atoms with Crippen LogP contribution in [0.25, 0.3) is 5.65 Å². The molecule has 1 aliphatic heterocycles. The lowest BCUT2D eigenvalue weighted by atomic mass is 10.1. The Hall–Kier alpha value is -3.46. The second kappa shape index (κ2) is 8.58. The minimum atomic E-state index is 0.273. The molecule has 0 aliphatic carbocycles. The van der Waals surface area contributed by atoms with E-state index >= 15 is 0 Å². The van der Waals surface area contributed by atoms with Crippen LogP contribution in [0.4, 0.5) is 23.3 Å². The van der Waals surface area contributed by atoms with Crippen molar-refractivity contribution in [3.8, 4) is 0 Å². The number of imidazole rings is 1. The molecule has 0 amide bonds. The van der Waals surface area contributed by atoms with Gasteiger partial charge in [-0.05, 0) is 51.0 Å². The molecule has 0 bridgehead atoms. The van der Waals surface area contributed by atoms with Gasteiger partial charge in [0.1, 0.15) is 10.7 Å². The molecule has 32 heavy (non-hydrogen) atoms. The Kier molecular flexibility index (Phi) is 5.48. The summed E-state index contributed by atoms with van der Waals surface area (Å²) in [4.78, 5) is 15.6. The van der Waals surface area contributed by atoms with Crippen molar-refractivity contribution < 1.29 is 0 Å². The third-order valence-corrected chi connectivity index (χ3v) is 5.91. The standard InChI is InChI=1S/C22H24ClN9/c1-14-3-5-20(30-29-14)31-9-7-16(8-10-31)26-21-18(23)12-25-22(28-21)27-17-4-6-19-24-11-15(2)32(19)13-17/h3-6,11-13,16H,7-10H2,1-2H3,(H2,25,26,27,28). The van der Waals surface area contributed by atoms with E-state index in [1.54, 1.807) is 6.20 Å². The van der Waals surface area contributed by atoms with Crippen molar-refractivity contribution in [1.29, 1.82) is 0 Å². The minimum absolute atomic E-state index is 0.273. The van der Waals surface area contributed by atoms with Gasteiger partial charge in [-0.25, -0.2) is 9.97 Å². The van der Waals surface area contributed by atoms with Gasteiger partial charge in [0, 0.05) is 37.2 Å². The molecular weight excluding hydrogens is 426 g/mol. The summed E-state index contributed by atoms with van der Waals surface area (Å²) >= 11 is 6.39. The van der Waals surface area contributed by atoms with Gasteiger partial charge >= 0.3 is 0 Å². The van der Waals surface area contributed by atoms with Gasteiger partial charge in [-0.2, -0.15) is 10.1 Å². The second-order valence-corrected chi connectivity index (χ2v) is 8.41. The number of rotatable bonds is 5. The number of pyridine rings is 1. The van der Waals surface area contributed by atoms with Crippen LogP contribution in [0.3, 0.4) is 0 Å². The normalized spacial score (nSPS) is 14.7. The molecule has 2 N–H and O–H groups in total. The fourth-order valence-electron chi connectivity index (χ4n) is 3.84. The summed E-state index contributed by atoms with van der Waals surface area (Å²) in [6.45, 7) is 5.75. The molecular formula is C22H24ClN9. The van der Waals surface area contributed by atoms with Crippen LogP contribution in [0.1, 0.15) is 24.2 Å². The van der Waals surface area contributed by atoms with Crippen molar-refractivity contribution in [2.45, 2.75) is 32.7 Å². The highest BCUT2D eigenvalue weighted by molar-refractivity contribution is 6.32. The highest BCUT2D eigenvalue weighted by atomic mass is 35.5. The van der Waals surface area contributed by atoms with E-state index in [1.807, 2.05) is 54.9 Å². The predicted molar refractivity (Wildman–Crippen MR) is 126 cm³/mol. The van der Waals surface area contributed by atoms with Crippen molar-refractivity contribution >= 4 is 40.5 Å². The maximum Gasteiger partial charge on any atom is 0.229 e. The van der Waals surface area contributed by atoms with E-state index < -0.39 is 0 Å².